The van der Waals surface area contributed by atoms with Crippen molar-refractivity contribution in [1.82, 2.24) is 14.4 Å². The Bertz CT molecular complexity index is 521. The highest BCUT2D eigenvalue weighted by Crippen LogP contribution is 2.03. The van der Waals surface area contributed by atoms with Gasteiger partial charge < -0.3 is 20.3 Å². The van der Waals surface area contributed by atoms with Gasteiger partial charge in [0.2, 0.25) is 5.91 Å². The van der Waals surface area contributed by atoms with Crippen molar-refractivity contribution in [2.75, 3.05) is 45.1 Å². The molecule has 3 N–H and O–H groups in total. The molecule has 0 radical (unpaired) electrons. The summed E-state index contributed by atoms with van der Waals surface area (Å²) in [7, 11) is 0. The van der Waals surface area contributed by atoms with E-state index in [1.807, 2.05) is 0 Å². The predicted molar refractivity (Wildman–Crippen MR) is 75.2 cm³/mol. The van der Waals surface area contributed by atoms with E-state index in [1.54, 1.807) is 4.90 Å². The molecule has 1 aromatic heterocycles. The van der Waals surface area contributed by atoms with Crippen molar-refractivity contribution in [3.05, 3.63) is 28.7 Å². The number of rotatable bonds is 4. The third-order valence-corrected chi connectivity index (χ3v) is 3.45. The first kappa shape index (κ1) is 14.5. The zero-order valence-electron chi connectivity index (χ0n) is 11.4. The summed E-state index contributed by atoms with van der Waals surface area (Å²) in [4.78, 5) is 27.6. The molecule has 1 saturated heterocycles. The minimum Gasteiger partial charge on any atom is -0.398 e. The third-order valence-electron chi connectivity index (χ3n) is 3.45. The molecule has 7 heteroatoms. The average Bonchev–Trinajstić information content (AvgIpc) is 2.44. The van der Waals surface area contributed by atoms with E-state index in [2.05, 4.69) is 4.90 Å². The van der Waals surface area contributed by atoms with Gasteiger partial charge in [-0.1, -0.05) is 0 Å². The molecule has 20 heavy (non-hydrogen) atoms. The van der Waals surface area contributed by atoms with Gasteiger partial charge in [0, 0.05) is 50.7 Å². The first-order chi connectivity index (χ1) is 9.60. The Hall–Kier alpha value is -1.86. The van der Waals surface area contributed by atoms with Crippen molar-refractivity contribution >= 4 is 11.6 Å². The molecule has 1 aromatic rings. The molecule has 7 nitrogen and oxygen atoms in total. The smallest absolute Gasteiger partial charge is 0.251 e. The summed E-state index contributed by atoms with van der Waals surface area (Å²) in [5, 5.41) is 8.87. The Kier molecular flexibility index (Phi) is 4.75. The third kappa shape index (κ3) is 3.58. The minimum atomic E-state index is -0.230. The lowest BCUT2D eigenvalue weighted by atomic mass is 10.3. The number of hydrogen-bond acceptors (Lipinski definition) is 5. The highest BCUT2D eigenvalue weighted by Gasteiger charge is 2.20. The van der Waals surface area contributed by atoms with Gasteiger partial charge in [-0.05, 0) is 6.07 Å². The van der Waals surface area contributed by atoms with Crippen LogP contribution in [0.5, 0.6) is 0 Å². The van der Waals surface area contributed by atoms with Crippen molar-refractivity contribution in [1.29, 1.82) is 0 Å². The van der Waals surface area contributed by atoms with Crippen LogP contribution in [0.2, 0.25) is 0 Å². The van der Waals surface area contributed by atoms with E-state index >= 15 is 0 Å². The lowest BCUT2D eigenvalue weighted by molar-refractivity contribution is -0.133. The Morgan fingerprint density at radius 3 is 2.60 bits per heavy atom. The molecule has 0 aliphatic carbocycles. The number of amides is 1. The van der Waals surface area contributed by atoms with Crippen molar-refractivity contribution < 1.29 is 9.90 Å². The molecule has 0 spiro atoms. The highest BCUT2D eigenvalue weighted by molar-refractivity contribution is 5.76. The van der Waals surface area contributed by atoms with E-state index in [-0.39, 0.29) is 24.6 Å². The van der Waals surface area contributed by atoms with Gasteiger partial charge in [0.25, 0.3) is 5.56 Å². The van der Waals surface area contributed by atoms with Crippen LogP contribution in [0.3, 0.4) is 0 Å². The number of nitrogen functional groups attached to an aromatic ring is 1. The van der Waals surface area contributed by atoms with Gasteiger partial charge in [-0.3, -0.25) is 14.5 Å². The van der Waals surface area contributed by atoms with Gasteiger partial charge in [0.15, 0.2) is 0 Å². The molecule has 0 saturated carbocycles. The number of carbonyl (C=O) groups is 1. The second-order valence-corrected chi connectivity index (χ2v) is 4.87. The van der Waals surface area contributed by atoms with E-state index in [9.17, 15) is 9.59 Å². The van der Waals surface area contributed by atoms with E-state index in [1.165, 1.54) is 22.9 Å². The molecule has 0 unspecified atom stereocenters. The summed E-state index contributed by atoms with van der Waals surface area (Å²) in [6.45, 7) is 3.52. The fourth-order valence-corrected chi connectivity index (χ4v) is 2.28. The maximum atomic E-state index is 12.2. The quantitative estimate of drug-likeness (QED) is 0.705. The molecule has 1 amide bonds. The Labute approximate surface area is 117 Å². The van der Waals surface area contributed by atoms with Crippen molar-refractivity contribution in [3.63, 3.8) is 0 Å². The van der Waals surface area contributed by atoms with E-state index in [0.717, 1.165) is 13.1 Å². The summed E-state index contributed by atoms with van der Waals surface area (Å²) in [6, 6.07) is 2.89. The van der Waals surface area contributed by atoms with E-state index < -0.39 is 0 Å². The molecular formula is C13H20N4O3. The Morgan fingerprint density at radius 1 is 1.25 bits per heavy atom. The van der Waals surface area contributed by atoms with Crippen molar-refractivity contribution in [3.8, 4) is 0 Å². The first-order valence-electron chi connectivity index (χ1n) is 6.67. The van der Waals surface area contributed by atoms with Crippen LogP contribution in [0.4, 0.5) is 5.69 Å². The largest absolute Gasteiger partial charge is 0.398 e. The number of β-amino-alcohol motifs (C(OH)–C–C–N with tert-alkyl or cyclic N) is 1. The molecule has 0 aromatic carbocycles. The van der Waals surface area contributed by atoms with Crippen LogP contribution >= 0.6 is 0 Å². The van der Waals surface area contributed by atoms with Gasteiger partial charge >= 0.3 is 0 Å². The molecular weight excluding hydrogens is 260 g/mol. The molecule has 0 atom stereocenters. The number of pyridine rings is 1. The summed E-state index contributed by atoms with van der Waals surface area (Å²) in [6.07, 6.45) is 1.49. The Morgan fingerprint density at radius 2 is 1.95 bits per heavy atom. The molecule has 2 heterocycles. The fraction of sp³-hybridized carbons (Fsp3) is 0.538. The molecule has 0 bridgehead atoms. The number of hydrogen-bond donors (Lipinski definition) is 2. The average molecular weight is 280 g/mol. The topological polar surface area (TPSA) is 91.8 Å². The molecule has 2 rings (SSSR count). The SMILES string of the molecule is Nc1ccc(=O)n(CC(=O)N2CCN(CCO)CC2)c1. The van der Waals surface area contributed by atoms with Crippen LogP contribution in [-0.2, 0) is 11.3 Å². The maximum absolute atomic E-state index is 12.2. The Balaban J connectivity index is 1.93. The predicted octanol–water partition coefficient (Wildman–Crippen LogP) is -1.43. The number of aromatic nitrogens is 1. The van der Waals surface area contributed by atoms with Crippen LogP contribution in [0.25, 0.3) is 0 Å². The number of anilines is 1. The first-order valence-corrected chi connectivity index (χ1v) is 6.67. The standard InChI is InChI=1S/C13H20N4O3/c14-11-1-2-12(19)17(9-11)10-13(20)16-5-3-15(4-6-16)7-8-18/h1-2,9,18H,3-8,10,14H2. The minimum absolute atomic E-state index is 0.0177. The van der Waals surface area contributed by atoms with Crippen molar-refractivity contribution in [2.24, 2.45) is 0 Å². The van der Waals surface area contributed by atoms with Gasteiger partial charge in [0.1, 0.15) is 6.54 Å². The fourth-order valence-electron chi connectivity index (χ4n) is 2.28. The van der Waals surface area contributed by atoms with Gasteiger partial charge in [-0.2, -0.15) is 0 Å². The normalized spacial score (nSPS) is 16.4. The second kappa shape index (κ2) is 6.53. The van der Waals surface area contributed by atoms with E-state index in [0.29, 0.717) is 25.3 Å². The lowest BCUT2D eigenvalue weighted by Gasteiger charge is -2.34. The number of nitrogens with zero attached hydrogens (tertiary/aromatic N) is 3. The van der Waals surface area contributed by atoms with Gasteiger partial charge in [-0.15, -0.1) is 0 Å². The molecule has 1 aliphatic rings. The molecule has 1 fully saturated rings. The zero-order chi connectivity index (χ0) is 14.5. The van der Waals surface area contributed by atoms with Gasteiger partial charge in [0.05, 0.1) is 6.61 Å². The van der Waals surface area contributed by atoms with Crippen molar-refractivity contribution in [2.45, 2.75) is 6.54 Å². The van der Waals surface area contributed by atoms with Crippen LogP contribution in [0.1, 0.15) is 0 Å². The number of carbonyl (C=O) groups excluding carboxylic acids is 1. The summed E-state index contributed by atoms with van der Waals surface area (Å²) >= 11 is 0. The second-order valence-electron chi connectivity index (χ2n) is 4.87. The van der Waals surface area contributed by atoms with Gasteiger partial charge in [-0.25, -0.2) is 0 Å². The number of piperazine rings is 1. The zero-order valence-corrected chi connectivity index (χ0v) is 11.4. The van der Waals surface area contributed by atoms with Crippen LogP contribution in [0, 0.1) is 0 Å². The highest BCUT2D eigenvalue weighted by atomic mass is 16.3. The lowest BCUT2D eigenvalue weighted by Crippen LogP contribution is -2.50. The van der Waals surface area contributed by atoms with Crippen LogP contribution in [-0.4, -0.2) is 64.7 Å². The number of nitrogens with two attached hydrogens (primary N) is 1. The van der Waals surface area contributed by atoms with Crippen LogP contribution in [0.15, 0.2) is 23.1 Å². The summed E-state index contributed by atoms with van der Waals surface area (Å²) in [5.41, 5.74) is 5.85. The molecule has 110 valence electrons. The van der Waals surface area contributed by atoms with Crippen LogP contribution < -0.4 is 11.3 Å². The van der Waals surface area contributed by atoms with E-state index in [4.69, 9.17) is 10.8 Å². The number of aliphatic hydroxyl groups excluding tert-OH is 1. The monoisotopic (exact) mass is 280 g/mol. The molecule has 1 aliphatic heterocycles. The maximum Gasteiger partial charge on any atom is 0.251 e. The summed E-state index contributed by atoms with van der Waals surface area (Å²) in [5.74, 6) is -0.0821. The number of aliphatic hydroxyl groups is 1. The summed E-state index contributed by atoms with van der Waals surface area (Å²) < 4.78 is 1.33.